The number of carbonyl (C=O) groups is 1. The summed E-state index contributed by atoms with van der Waals surface area (Å²) in [5, 5.41) is 6.13. The molecule has 1 atom stereocenters. The second kappa shape index (κ2) is 8.56. The molecule has 0 unspecified atom stereocenters. The molecule has 0 aliphatic carbocycles. The Hall–Kier alpha value is -3.67. The normalized spacial score (nSPS) is 12.9. The van der Waals surface area contributed by atoms with Gasteiger partial charge in [-0.05, 0) is 61.0 Å². The third kappa shape index (κ3) is 4.79. The Labute approximate surface area is 169 Å². The fraction of sp³-hybridized carbons (Fsp3) is 0.174. The molecule has 0 bridgehead atoms. The van der Waals surface area contributed by atoms with Crippen LogP contribution in [0.25, 0.3) is 0 Å². The lowest BCUT2D eigenvalue weighted by Gasteiger charge is -2.16. The highest BCUT2D eigenvalue weighted by atomic mass is 16.7. The second-order valence-corrected chi connectivity index (χ2v) is 6.71. The first-order valence-corrected chi connectivity index (χ1v) is 9.43. The van der Waals surface area contributed by atoms with E-state index in [1.807, 2.05) is 79.7 Å². The number of benzene rings is 3. The molecule has 1 amide bonds. The van der Waals surface area contributed by atoms with Crippen LogP contribution < -0.4 is 24.8 Å². The molecular formula is C23H22N2O4. The van der Waals surface area contributed by atoms with Crippen LogP contribution in [-0.4, -0.2) is 18.7 Å². The highest BCUT2D eigenvalue weighted by molar-refractivity contribution is 5.84. The zero-order chi connectivity index (χ0) is 20.1. The van der Waals surface area contributed by atoms with E-state index in [-0.39, 0.29) is 18.7 Å². The highest BCUT2D eigenvalue weighted by Crippen LogP contribution is 2.32. The summed E-state index contributed by atoms with van der Waals surface area (Å²) in [5.41, 5.74) is 1.80. The van der Waals surface area contributed by atoms with Gasteiger partial charge in [0.15, 0.2) is 11.5 Å². The number of ether oxygens (including phenoxy) is 3. The maximum absolute atomic E-state index is 12.4. The molecule has 3 aromatic carbocycles. The van der Waals surface area contributed by atoms with Crippen molar-refractivity contribution in [2.75, 3.05) is 12.1 Å². The fourth-order valence-electron chi connectivity index (χ4n) is 2.95. The molecule has 148 valence electrons. The molecule has 0 radical (unpaired) electrons. The molecule has 1 heterocycles. The summed E-state index contributed by atoms with van der Waals surface area (Å²) in [6.45, 7) is 2.48. The predicted molar refractivity (Wildman–Crippen MR) is 110 cm³/mol. The van der Waals surface area contributed by atoms with Gasteiger partial charge in [-0.1, -0.05) is 24.3 Å². The second-order valence-electron chi connectivity index (χ2n) is 6.71. The van der Waals surface area contributed by atoms with Crippen molar-refractivity contribution < 1.29 is 19.0 Å². The van der Waals surface area contributed by atoms with E-state index in [1.165, 1.54) is 0 Å². The minimum absolute atomic E-state index is 0.0905. The van der Waals surface area contributed by atoms with Crippen LogP contribution in [0.4, 0.5) is 5.69 Å². The zero-order valence-corrected chi connectivity index (χ0v) is 16.1. The summed E-state index contributed by atoms with van der Waals surface area (Å²) in [6, 6.07) is 22.4. The van der Waals surface area contributed by atoms with Gasteiger partial charge in [0.25, 0.3) is 0 Å². The Morgan fingerprint density at radius 3 is 2.48 bits per heavy atom. The van der Waals surface area contributed by atoms with Crippen LogP contribution in [-0.2, 0) is 11.3 Å². The average molecular weight is 390 g/mol. The van der Waals surface area contributed by atoms with Gasteiger partial charge < -0.3 is 24.8 Å². The molecule has 6 heteroatoms. The minimum Gasteiger partial charge on any atom is -0.457 e. The molecule has 0 spiro atoms. The van der Waals surface area contributed by atoms with E-state index in [0.29, 0.717) is 12.3 Å². The van der Waals surface area contributed by atoms with Crippen molar-refractivity contribution in [3.63, 3.8) is 0 Å². The maximum atomic E-state index is 12.4. The average Bonchev–Trinajstić information content (AvgIpc) is 3.22. The summed E-state index contributed by atoms with van der Waals surface area (Å²) in [7, 11) is 0. The number of carbonyl (C=O) groups excluding carboxylic acids is 1. The van der Waals surface area contributed by atoms with Gasteiger partial charge in [0, 0.05) is 12.2 Å². The number of anilines is 1. The number of para-hydroxylation sites is 1. The van der Waals surface area contributed by atoms with E-state index in [2.05, 4.69) is 10.6 Å². The number of fused-ring (bicyclic) bond motifs is 1. The van der Waals surface area contributed by atoms with Crippen molar-refractivity contribution in [1.82, 2.24) is 5.32 Å². The Balaban J connectivity index is 1.28. The van der Waals surface area contributed by atoms with Gasteiger partial charge in [-0.3, -0.25) is 4.79 Å². The van der Waals surface area contributed by atoms with E-state index in [0.717, 1.165) is 28.5 Å². The van der Waals surface area contributed by atoms with Crippen LogP contribution in [0.3, 0.4) is 0 Å². The molecule has 1 aliphatic heterocycles. The first-order chi connectivity index (χ1) is 14.2. The number of amides is 1. The fourth-order valence-corrected chi connectivity index (χ4v) is 2.95. The zero-order valence-electron chi connectivity index (χ0n) is 16.1. The van der Waals surface area contributed by atoms with Crippen LogP contribution >= 0.6 is 0 Å². The van der Waals surface area contributed by atoms with Crippen LogP contribution in [0.5, 0.6) is 23.0 Å². The Morgan fingerprint density at radius 2 is 1.69 bits per heavy atom. The lowest BCUT2D eigenvalue weighted by molar-refractivity contribution is -0.121. The standard InChI is InChI=1S/C23H22N2O4/c1-16(23(26)24-14-17-7-12-21-22(13-17)28-15-27-21)25-18-8-10-20(11-9-18)29-19-5-3-2-4-6-19/h2-13,16,25H,14-15H2,1H3,(H,24,26)/t16-/m1/s1. The van der Waals surface area contributed by atoms with Gasteiger partial charge in [-0.2, -0.15) is 0 Å². The summed E-state index contributed by atoms with van der Waals surface area (Å²) < 4.78 is 16.4. The lowest BCUT2D eigenvalue weighted by Crippen LogP contribution is -2.37. The summed E-state index contributed by atoms with van der Waals surface area (Å²) in [4.78, 5) is 12.4. The molecule has 4 rings (SSSR count). The van der Waals surface area contributed by atoms with Gasteiger partial charge >= 0.3 is 0 Å². The van der Waals surface area contributed by atoms with Crippen molar-refractivity contribution >= 4 is 11.6 Å². The number of nitrogens with one attached hydrogen (secondary N) is 2. The highest BCUT2D eigenvalue weighted by Gasteiger charge is 2.15. The third-order valence-corrected chi connectivity index (χ3v) is 4.51. The number of hydrogen-bond donors (Lipinski definition) is 2. The van der Waals surface area contributed by atoms with Gasteiger partial charge in [-0.25, -0.2) is 0 Å². The molecule has 0 saturated heterocycles. The first kappa shape index (κ1) is 18.7. The van der Waals surface area contributed by atoms with Crippen molar-refractivity contribution in [2.24, 2.45) is 0 Å². The molecule has 1 aliphatic rings. The Bertz CT molecular complexity index is 974. The predicted octanol–water partition coefficient (Wildman–Crippen LogP) is 4.32. The van der Waals surface area contributed by atoms with Crippen molar-refractivity contribution in [3.05, 3.63) is 78.4 Å². The number of hydrogen-bond acceptors (Lipinski definition) is 5. The summed E-state index contributed by atoms with van der Waals surface area (Å²) >= 11 is 0. The van der Waals surface area contributed by atoms with E-state index < -0.39 is 0 Å². The first-order valence-electron chi connectivity index (χ1n) is 9.43. The topological polar surface area (TPSA) is 68.8 Å². The largest absolute Gasteiger partial charge is 0.457 e. The van der Waals surface area contributed by atoms with Crippen molar-refractivity contribution in [1.29, 1.82) is 0 Å². The number of rotatable bonds is 7. The molecule has 0 aromatic heterocycles. The molecule has 6 nitrogen and oxygen atoms in total. The molecule has 0 saturated carbocycles. The van der Waals surface area contributed by atoms with E-state index >= 15 is 0 Å². The molecule has 0 fully saturated rings. The van der Waals surface area contributed by atoms with Crippen LogP contribution in [0, 0.1) is 0 Å². The van der Waals surface area contributed by atoms with E-state index in [1.54, 1.807) is 0 Å². The van der Waals surface area contributed by atoms with Gasteiger partial charge in [0.2, 0.25) is 12.7 Å². The van der Waals surface area contributed by atoms with E-state index in [9.17, 15) is 4.79 Å². The van der Waals surface area contributed by atoms with Crippen molar-refractivity contribution in [2.45, 2.75) is 19.5 Å². The maximum Gasteiger partial charge on any atom is 0.242 e. The SMILES string of the molecule is C[C@@H](Nc1ccc(Oc2ccccc2)cc1)C(=O)NCc1ccc2c(c1)OCO2. The van der Waals surface area contributed by atoms with Crippen molar-refractivity contribution in [3.8, 4) is 23.0 Å². The molecule has 2 N–H and O–H groups in total. The molecule has 29 heavy (non-hydrogen) atoms. The monoisotopic (exact) mass is 390 g/mol. The molecule has 3 aromatic rings. The van der Waals surface area contributed by atoms with Crippen LogP contribution in [0.2, 0.25) is 0 Å². The van der Waals surface area contributed by atoms with Gasteiger partial charge in [-0.15, -0.1) is 0 Å². The van der Waals surface area contributed by atoms with Crippen LogP contribution in [0.15, 0.2) is 72.8 Å². The lowest BCUT2D eigenvalue weighted by atomic mass is 10.2. The summed E-state index contributed by atoms with van der Waals surface area (Å²) in [6.07, 6.45) is 0. The van der Waals surface area contributed by atoms with Gasteiger partial charge in [0.05, 0.1) is 0 Å². The van der Waals surface area contributed by atoms with E-state index in [4.69, 9.17) is 14.2 Å². The summed E-state index contributed by atoms with van der Waals surface area (Å²) in [5.74, 6) is 2.87. The Morgan fingerprint density at radius 1 is 0.966 bits per heavy atom. The Kier molecular flexibility index (Phi) is 5.52. The quantitative estimate of drug-likeness (QED) is 0.629. The minimum atomic E-state index is -0.384. The van der Waals surface area contributed by atoms with Gasteiger partial charge in [0.1, 0.15) is 17.5 Å². The third-order valence-electron chi connectivity index (χ3n) is 4.51. The molecular weight excluding hydrogens is 368 g/mol. The smallest absolute Gasteiger partial charge is 0.242 e. The van der Waals surface area contributed by atoms with Crippen LogP contribution in [0.1, 0.15) is 12.5 Å².